The number of carbonyl (C=O) groups excluding carboxylic acids is 1. The highest BCUT2D eigenvalue weighted by molar-refractivity contribution is 6.31. The zero-order chi connectivity index (χ0) is 15.2. The van der Waals surface area contributed by atoms with Crippen molar-refractivity contribution in [1.82, 2.24) is 4.90 Å². The predicted molar refractivity (Wildman–Crippen MR) is 86.4 cm³/mol. The molecule has 1 fully saturated rings. The van der Waals surface area contributed by atoms with Gasteiger partial charge in [-0.3, -0.25) is 0 Å². The van der Waals surface area contributed by atoms with Gasteiger partial charge in [0.2, 0.25) is 0 Å². The lowest BCUT2D eigenvalue weighted by atomic mass is 10.0. The third kappa shape index (κ3) is 4.38. The van der Waals surface area contributed by atoms with Crippen molar-refractivity contribution < 1.29 is 4.79 Å². The van der Waals surface area contributed by atoms with E-state index in [1.54, 1.807) is 18.2 Å². The summed E-state index contributed by atoms with van der Waals surface area (Å²) < 4.78 is 0. The van der Waals surface area contributed by atoms with Gasteiger partial charge < -0.3 is 16.0 Å². The second-order valence-electron chi connectivity index (χ2n) is 5.32. The van der Waals surface area contributed by atoms with E-state index in [9.17, 15) is 4.79 Å². The number of urea groups is 1. The van der Waals surface area contributed by atoms with Crippen LogP contribution in [-0.4, -0.2) is 30.6 Å². The Labute approximate surface area is 130 Å². The van der Waals surface area contributed by atoms with E-state index in [4.69, 9.17) is 17.3 Å². The number of benzene rings is 1. The van der Waals surface area contributed by atoms with Crippen molar-refractivity contribution >= 4 is 23.3 Å². The van der Waals surface area contributed by atoms with Gasteiger partial charge in [-0.25, -0.2) is 4.79 Å². The Kier molecular flexibility index (Phi) is 5.49. The van der Waals surface area contributed by atoms with Crippen molar-refractivity contribution in [3.8, 4) is 11.8 Å². The number of amides is 2. The van der Waals surface area contributed by atoms with Crippen LogP contribution in [0.2, 0.25) is 5.02 Å². The van der Waals surface area contributed by atoms with E-state index in [2.05, 4.69) is 24.1 Å². The standard InChI is InChI=1S/C16H20ClN3O/c1-12-4-3-9-20(11-12)16(21)19-15-10-14(17)7-6-13(15)5-2-8-18/h6-7,10,12H,3-4,8-9,11,18H2,1H3,(H,19,21). The molecule has 21 heavy (non-hydrogen) atoms. The Morgan fingerprint density at radius 2 is 2.38 bits per heavy atom. The Morgan fingerprint density at radius 3 is 3.10 bits per heavy atom. The molecule has 2 rings (SSSR count). The fourth-order valence-electron chi connectivity index (χ4n) is 2.44. The van der Waals surface area contributed by atoms with Gasteiger partial charge in [0.1, 0.15) is 0 Å². The summed E-state index contributed by atoms with van der Waals surface area (Å²) >= 11 is 6.01. The van der Waals surface area contributed by atoms with Crippen molar-refractivity contribution in [2.75, 3.05) is 25.0 Å². The summed E-state index contributed by atoms with van der Waals surface area (Å²) in [4.78, 5) is 14.2. The summed E-state index contributed by atoms with van der Waals surface area (Å²) in [6.07, 6.45) is 2.22. The number of nitrogens with two attached hydrogens (primary N) is 1. The molecule has 0 radical (unpaired) electrons. The van der Waals surface area contributed by atoms with Gasteiger partial charge in [-0.15, -0.1) is 0 Å². The number of nitrogens with one attached hydrogen (secondary N) is 1. The average Bonchev–Trinajstić information content (AvgIpc) is 2.46. The fourth-order valence-corrected chi connectivity index (χ4v) is 2.62. The molecule has 1 aromatic rings. The normalized spacial score (nSPS) is 17.9. The second-order valence-corrected chi connectivity index (χ2v) is 5.76. The molecular weight excluding hydrogens is 286 g/mol. The van der Waals surface area contributed by atoms with Gasteiger partial charge in [0.05, 0.1) is 12.2 Å². The van der Waals surface area contributed by atoms with Crippen LogP contribution in [0, 0.1) is 17.8 Å². The number of anilines is 1. The van der Waals surface area contributed by atoms with E-state index in [0.29, 0.717) is 16.6 Å². The number of nitrogens with zero attached hydrogens (tertiary/aromatic N) is 1. The maximum atomic E-state index is 12.3. The maximum Gasteiger partial charge on any atom is 0.321 e. The minimum atomic E-state index is -0.0976. The van der Waals surface area contributed by atoms with Gasteiger partial charge in [-0.05, 0) is 37.0 Å². The van der Waals surface area contributed by atoms with Crippen molar-refractivity contribution in [2.24, 2.45) is 11.7 Å². The van der Waals surface area contributed by atoms with Gasteiger partial charge >= 0.3 is 6.03 Å². The maximum absolute atomic E-state index is 12.3. The number of rotatable bonds is 1. The molecule has 0 spiro atoms. The fraction of sp³-hybridized carbons (Fsp3) is 0.438. The molecule has 1 aromatic carbocycles. The number of piperidine rings is 1. The molecule has 2 amide bonds. The van der Waals surface area contributed by atoms with Crippen LogP contribution >= 0.6 is 11.6 Å². The van der Waals surface area contributed by atoms with E-state index in [1.807, 2.05) is 4.90 Å². The molecule has 112 valence electrons. The van der Waals surface area contributed by atoms with Gasteiger partial charge in [-0.1, -0.05) is 30.4 Å². The third-order valence-corrected chi connectivity index (χ3v) is 3.73. The molecule has 1 aliphatic rings. The van der Waals surface area contributed by atoms with Crippen LogP contribution < -0.4 is 11.1 Å². The molecule has 1 saturated heterocycles. The molecule has 4 nitrogen and oxygen atoms in total. The second kappa shape index (κ2) is 7.35. The number of hydrogen-bond donors (Lipinski definition) is 2. The van der Waals surface area contributed by atoms with Crippen molar-refractivity contribution in [2.45, 2.75) is 19.8 Å². The zero-order valence-corrected chi connectivity index (χ0v) is 12.9. The summed E-state index contributed by atoms with van der Waals surface area (Å²) in [6.45, 7) is 4.02. The number of halogens is 1. The molecule has 1 atom stereocenters. The molecule has 1 heterocycles. The molecule has 1 aliphatic heterocycles. The van der Waals surface area contributed by atoms with Crippen LogP contribution in [0.1, 0.15) is 25.3 Å². The van der Waals surface area contributed by atoms with Crippen LogP contribution in [0.4, 0.5) is 10.5 Å². The van der Waals surface area contributed by atoms with Crippen LogP contribution in [-0.2, 0) is 0 Å². The largest absolute Gasteiger partial charge is 0.324 e. The van der Waals surface area contributed by atoms with Gasteiger partial charge in [0.25, 0.3) is 0 Å². The Balaban J connectivity index is 2.14. The highest BCUT2D eigenvalue weighted by Crippen LogP contribution is 2.22. The van der Waals surface area contributed by atoms with Crippen LogP contribution in [0.15, 0.2) is 18.2 Å². The van der Waals surface area contributed by atoms with Gasteiger partial charge in [-0.2, -0.15) is 0 Å². The van der Waals surface area contributed by atoms with Crippen LogP contribution in [0.25, 0.3) is 0 Å². The quantitative estimate of drug-likeness (QED) is 0.784. The minimum absolute atomic E-state index is 0.0976. The lowest BCUT2D eigenvalue weighted by molar-refractivity contribution is 0.182. The zero-order valence-electron chi connectivity index (χ0n) is 12.2. The molecule has 1 unspecified atom stereocenters. The van der Waals surface area contributed by atoms with Crippen molar-refractivity contribution in [3.05, 3.63) is 28.8 Å². The monoisotopic (exact) mass is 305 g/mol. The minimum Gasteiger partial charge on any atom is -0.324 e. The molecule has 0 bridgehead atoms. The molecule has 3 N–H and O–H groups in total. The lowest BCUT2D eigenvalue weighted by Crippen LogP contribution is -2.41. The summed E-state index contributed by atoms with van der Waals surface area (Å²) in [5.41, 5.74) is 6.75. The van der Waals surface area contributed by atoms with E-state index in [-0.39, 0.29) is 12.6 Å². The summed E-state index contributed by atoms with van der Waals surface area (Å²) in [5.74, 6) is 6.29. The summed E-state index contributed by atoms with van der Waals surface area (Å²) in [7, 11) is 0. The first-order valence-corrected chi connectivity index (χ1v) is 7.52. The van der Waals surface area contributed by atoms with E-state index in [0.717, 1.165) is 25.1 Å². The highest BCUT2D eigenvalue weighted by atomic mass is 35.5. The first-order chi connectivity index (χ1) is 10.1. The van der Waals surface area contributed by atoms with Crippen molar-refractivity contribution in [3.63, 3.8) is 0 Å². The Morgan fingerprint density at radius 1 is 1.57 bits per heavy atom. The number of carbonyl (C=O) groups is 1. The molecule has 0 saturated carbocycles. The topological polar surface area (TPSA) is 58.4 Å². The molecular formula is C16H20ClN3O. The predicted octanol–water partition coefficient (Wildman–Crippen LogP) is 2.91. The molecule has 0 aliphatic carbocycles. The highest BCUT2D eigenvalue weighted by Gasteiger charge is 2.21. The van der Waals surface area contributed by atoms with Gasteiger partial charge in [0.15, 0.2) is 0 Å². The summed E-state index contributed by atoms with van der Waals surface area (Å²) in [6, 6.07) is 5.16. The Hall–Kier alpha value is -1.70. The molecule has 5 heteroatoms. The molecule has 0 aromatic heterocycles. The first kappa shape index (κ1) is 15.7. The number of likely N-dealkylation sites (tertiary alicyclic amines) is 1. The van der Waals surface area contributed by atoms with E-state index < -0.39 is 0 Å². The SMILES string of the molecule is CC1CCCN(C(=O)Nc2cc(Cl)ccc2C#CCN)C1. The lowest BCUT2D eigenvalue weighted by Gasteiger charge is -2.31. The smallest absolute Gasteiger partial charge is 0.321 e. The summed E-state index contributed by atoms with van der Waals surface area (Å²) in [5, 5.41) is 3.48. The van der Waals surface area contributed by atoms with E-state index >= 15 is 0 Å². The number of hydrogen-bond acceptors (Lipinski definition) is 2. The van der Waals surface area contributed by atoms with Gasteiger partial charge in [0, 0.05) is 23.7 Å². The van der Waals surface area contributed by atoms with E-state index in [1.165, 1.54) is 6.42 Å². The average molecular weight is 306 g/mol. The first-order valence-electron chi connectivity index (χ1n) is 7.14. The van der Waals surface area contributed by atoms with Crippen LogP contribution in [0.3, 0.4) is 0 Å². The Bertz CT molecular complexity index is 577. The van der Waals surface area contributed by atoms with Crippen molar-refractivity contribution in [1.29, 1.82) is 0 Å². The third-order valence-electron chi connectivity index (χ3n) is 3.49. The van der Waals surface area contributed by atoms with Crippen LogP contribution in [0.5, 0.6) is 0 Å².